The monoisotopic (exact) mass is 387 g/mol. The van der Waals surface area contributed by atoms with Crippen LogP contribution in [0.5, 0.6) is 5.75 Å². The van der Waals surface area contributed by atoms with E-state index < -0.39 is 0 Å². The minimum atomic E-state index is 0.139. The largest absolute Gasteiger partial charge is 0.488 e. The highest BCUT2D eigenvalue weighted by Gasteiger charge is 2.21. The maximum Gasteiger partial charge on any atom is 0.253 e. The van der Waals surface area contributed by atoms with Gasteiger partial charge >= 0.3 is 0 Å². The van der Waals surface area contributed by atoms with E-state index in [-0.39, 0.29) is 5.91 Å². The first kappa shape index (κ1) is 17.0. The normalized spacial score (nSPS) is 17.6. The van der Waals surface area contributed by atoms with Crippen LogP contribution in [0.25, 0.3) is 0 Å². The predicted octanol–water partition coefficient (Wildman–Crippen LogP) is 4.90. The molecule has 0 saturated carbocycles. The smallest absolute Gasteiger partial charge is 0.253 e. The summed E-state index contributed by atoms with van der Waals surface area (Å²) >= 11 is 3.47. The first-order valence-corrected chi connectivity index (χ1v) is 9.18. The van der Waals surface area contributed by atoms with E-state index in [0.29, 0.717) is 12.5 Å². The number of amides is 1. The molecule has 1 heterocycles. The van der Waals surface area contributed by atoms with Crippen molar-refractivity contribution in [1.29, 1.82) is 0 Å². The number of ether oxygens (including phenoxy) is 1. The lowest BCUT2D eigenvalue weighted by molar-refractivity contribution is 0.0683. The second-order valence-electron chi connectivity index (χ2n) is 6.41. The van der Waals surface area contributed by atoms with E-state index in [1.54, 1.807) is 0 Å². The van der Waals surface area contributed by atoms with Crippen LogP contribution in [0.4, 0.5) is 0 Å². The minimum absolute atomic E-state index is 0.139. The molecule has 1 atom stereocenters. The van der Waals surface area contributed by atoms with E-state index in [9.17, 15) is 4.79 Å². The van der Waals surface area contributed by atoms with Gasteiger partial charge in [-0.05, 0) is 64.5 Å². The molecule has 1 aliphatic rings. The molecule has 0 spiro atoms. The van der Waals surface area contributed by atoms with Gasteiger partial charge in [0.25, 0.3) is 5.91 Å². The Morgan fingerprint density at radius 3 is 2.67 bits per heavy atom. The highest BCUT2D eigenvalue weighted by Crippen LogP contribution is 2.25. The summed E-state index contributed by atoms with van der Waals surface area (Å²) in [5.74, 6) is 1.56. The number of carbonyl (C=O) groups excluding carboxylic acids is 1. The number of para-hydroxylation sites is 1. The zero-order valence-corrected chi connectivity index (χ0v) is 15.5. The van der Waals surface area contributed by atoms with Gasteiger partial charge in [-0.2, -0.15) is 0 Å². The summed E-state index contributed by atoms with van der Waals surface area (Å²) in [6.07, 6.45) is 2.32. The number of hydrogen-bond acceptors (Lipinski definition) is 2. The summed E-state index contributed by atoms with van der Waals surface area (Å²) in [5, 5.41) is 0. The molecule has 24 heavy (non-hydrogen) atoms. The van der Waals surface area contributed by atoms with Crippen LogP contribution < -0.4 is 4.74 Å². The topological polar surface area (TPSA) is 29.5 Å². The van der Waals surface area contributed by atoms with E-state index in [0.717, 1.165) is 40.9 Å². The van der Waals surface area contributed by atoms with Crippen LogP contribution in [0.15, 0.2) is 53.0 Å². The molecule has 0 radical (unpaired) electrons. The summed E-state index contributed by atoms with van der Waals surface area (Å²) < 4.78 is 6.75. The lowest BCUT2D eigenvalue weighted by Crippen LogP contribution is -2.39. The van der Waals surface area contributed by atoms with Crippen LogP contribution in [0.3, 0.4) is 0 Å². The molecule has 2 aromatic carbocycles. The zero-order chi connectivity index (χ0) is 16.9. The average molecular weight is 388 g/mol. The molecule has 1 saturated heterocycles. The Morgan fingerprint density at radius 2 is 1.96 bits per heavy atom. The first-order chi connectivity index (χ1) is 11.6. The fourth-order valence-electron chi connectivity index (χ4n) is 3.02. The van der Waals surface area contributed by atoms with Gasteiger partial charge in [0.2, 0.25) is 0 Å². The molecular formula is C20H22BrNO2. The second kappa shape index (κ2) is 7.84. The summed E-state index contributed by atoms with van der Waals surface area (Å²) in [6, 6.07) is 15.5. The highest BCUT2D eigenvalue weighted by molar-refractivity contribution is 9.10. The Bertz CT molecular complexity index is 699. The molecule has 0 aromatic heterocycles. The van der Waals surface area contributed by atoms with Gasteiger partial charge in [-0.1, -0.05) is 31.2 Å². The van der Waals surface area contributed by atoms with Gasteiger partial charge in [0.15, 0.2) is 0 Å². The number of rotatable bonds is 4. The number of carbonyl (C=O) groups is 1. The van der Waals surface area contributed by atoms with E-state index >= 15 is 0 Å². The molecule has 0 aliphatic carbocycles. The van der Waals surface area contributed by atoms with Gasteiger partial charge in [-0.3, -0.25) is 4.79 Å². The number of likely N-dealkylation sites (tertiary alicyclic amines) is 1. The van der Waals surface area contributed by atoms with Gasteiger partial charge in [-0.25, -0.2) is 0 Å². The quantitative estimate of drug-likeness (QED) is 0.746. The van der Waals surface area contributed by atoms with Crippen molar-refractivity contribution >= 4 is 21.8 Å². The molecule has 1 aliphatic heterocycles. The summed E-state index contributed by atoms with van der Waals surface area (Å²) in [5.41, 5.74) is 1.81. The van der Waals surface area contributed by atoms with Crippen LogP contribution in [-0.4, -0.2) is 23.9 Å². The standard InChI is InChI=1S/C20H22BrNO2/c1-15-5-4-12-22(13-15)20(23)17-10-8-16(9-11-17)14-24-19-7-3-2-6-18(19)21/h2-3,6-11,15H,4-5,12-14H2,1H3/t15-/m0/s1. The summed E-state index contributed by atoms with van der Waals surface area (Å²) in [4.78, 5) is 14.5. The van der Waals surface area contributed by atoms with Crippen molar-refractivity contribution in [2.45, 2.75) is 26.4 Å². The van der Waals surface area contributed by atoms with Crippen LogP contribution >= 0.6 is 15.9 Å². The summed E-state index contributed by atoms with van der Waals surface area (Å²) in [6.45, 7) is 4.43. The molecule has 3 nitrogen and oxygen atoms in total. The van der Waals surface area contributed by atoms with Crippen molar-refractivity contribution in [2.24, 2.45) is 5.92 Å². The number of halogens is 1. The van der Waals surface area contributed by atoms with E-state index in [1.165, 1.54) is 6.42 Å². The van der Waals surface area contributed by atoms with E-state index in [4.69, 9.17) is 4.74 Å². The molecule has 0 N–H and O–H groups in total. The van der Waals surface area contributed by atoms with Crippen LogP contribution in [0, 0.1) is 5.92 Å². The Hall–Kier alpha value is -1.81. The van der Waals surface area contributed by atoms with Crippen molar-refractivity contribution in [3.05, 3.63) is 64.1 Å². The Kier molecular flexibility index (Phi) is 5.56. The SMILES string of the molecule is C[C@H]1CCCN(C(=O)c2ccc(COc3ccccc3Br)cc2)C1. The molecule has 0 unspecified atom stereocenters. The fourth-order valence-corrected chi connectivity index (χ4v) is 3.42. The molecule has 2 aromatic rings. The molecule has 126 valence electrons. The fraction of sp³-hybridized carbons (Fsp3) is 0.350. The molecule has 4 heteroatoms. The Labute approximate surface area is 151 Å². The van der Waals surface area contributed by atoms with Crippen molar-refractivity contribution in [1.82, 2.24) is 4.90 Å². The van der Waals surface area contributed by atoms with E-state index in [1.807, 2.05) is 53.4 Å². The molecule has 1 amide bonds. The Balaban J connectivity index is 1.61. The third kappa shape index (κ3) is 4.18. The number of piperidine rings is 1. The maximum atomic E-state index is 12.6. The van der Waals surface area contributed by atoms with Crippen LogP contribution in [-0.2, 0) is 6.61 Å². The number of benzene rings is 2. The molecular weight excluding hydrogens is 366 g/mol. The second-order valence-corrected chi connectivity index (χ2v) is 7.27. The number of hydrogen-bond donors (Lipinski definition) is 0. The molecule has 3 rings (SSSR count). The maximum absolute atomic E-state index is 12.6. The van der Waals surface area contributed by atoms with Crippen LogP contribution in [0.2, 0.25) is 0 Å². The van der Waals surface area contributed by atoms with Gasteiger partial charge in [0, 0.05) is 18.7 Å². The predicted molar refractivity (Wildman–Crippen MR) is 99.2 cm³/mol. The minimum Gasteiger partial charge on any atom is -0.488 e. The lowest BCUT2D eigenvalue weighted by Gasteiger charge is -2.31. The van der Waals surface area contributed by atoms with Gasteiger partial charge in [-0.15, -0.1) is 0 Å². The third-order valence-electron chi connectivity index (χ3n) is 4.38. The number of nitrogens with zero attached hydrogens (tertiary/aromatic N) is 1. The molecule has 1 fully saturated rings. The van der Waals surface area contributed by atoms with Gasteiger partial charge < -0.3 is 9.64 Å². The Morgan fingerprint density at radius 1 is 1.21 bits per heavy atom. The van der Waals surface area contributed by atoms with Crippen molar-refractivity contribution in [2.75, 3.05) is 13.1 Å². The highest BCUT2D eigenvalue weighted by atomic mass is 79.9. The first-order valence-electron chi connectivity index (χ1n) is 8.39. The third-order valence-corrected chi connectivity index (χ3v) is 5.03. The van der Waals surface area contributed by atoms with Crippen molar-refractivity contribution < 1.29 is 9.53 Å². The van der Waals surface area contributed by atoms with Gasteiger partial charge in [0.1, 0.15) is 12.4 Å². The lowest BCUT2D eigenvalue weighted by atomic mass is 9.99. The zero-order valence-electron chi connectivity index (χ0n) is 13.9. The van der Waals surface area contributed by atoms with E-state index in [2.05, 4.69) is 22.9 Å². The van der Waals surface area contributed by atoms with Crippen LogP contribution in [0.1, 0.15) is 35.7 Å². The van der Waals surface area contributed by atoms with Crippen molar-refractivity contribution in [3.8, 4) is 5.75 Å². The van der Waals surface area contributed by atoms with Gasteiger partial charge in [0.05, 0.1) is 4.47 Å². The average Bonchev–Trinajstić information content (AvgIpc) is 2.61. The molecule has 0 bridgehead atoms. The summed E-state index contributed by atoms with van der Waals surface area (Å²) in [7, 11) is 0. The van der Waals surface area contributed by atoms with Crippen molar-refractivity contribution in [3.63, 3.8) is 0 Å².